The SMILES string of the molecule is CNC(=O)c1cc(Oc2ccccc2CO)ccn1. The summed E-state index contributed by atoms with van der Waals surface area (Å²) in [7, 11) is 1.54. The van der Waals surface area contributed by atoms with E-state index >= 15 is 0 Å². The Morgan fingerprint density at radius 1 is 1.37 bits per heavy atom. The molecule has 0 radical (unpaired) electrons. The molecule has 0 fully saturated rings. The number of para-hydroxylation sites is 1. The van der Waals surface area contributed by atoms with Crippen molar-refractivity contribution in [3.05, 3.63) is 53.9 Å². The maximum absolute atomic E-state index is 11.5. The van der Waals surface area contributed by atoms with Gasteiger partial charge >= 0.3 is 0 Å². The minimum absolute atomic E-state index is 0.108. The van der Waals surface area contributed by atoms with Crippen LogP contribution in [0.4, 0.5) is 0 Å². The molecule has 2 aromatic rings. The largest absolute Gasteiger partial charge is 0.457 e. The van der Waals surface area contributed by atoms with Gasteiger partial charge in [-0.05, 0) is 12.1 Å². The van der Waals surface area contributed by atoms with Crippen LogP contribution in [0.5, 0.6) is 11.5 Å². The van der Waals surface area contributed by atoms with Gasteiger partial charge in [-0.15, -0.1) is 0 Å². The third-order valence-corrected chi connectivity index (χ3v) is 2.56. The number of ether oxygens (including phenoxy) is 1. The second-order valence-corrected chi connectivity index (χ2v) is 3.82. The summed E-state index contributed by atoms with van der Waals surface area (Å²) in [5.41, 5.74) is 0.960. The molecule has 0 aliphatic heterocycles. The zero-order valence-electron chi connectivity index (χ0n) is 10.5. The summed E-state index contributed by atoms with van der Waals surface area (Å²) in [5.74, 6) is 0.773. The van der Waals surface area contributed by atoms with E-state index < -0.39 is 0 Å². The number of hydrogen-bond donors (Lipinski definition) is 2. The summed E-state index contributed by atoms with van der Waals surface area (Å²) in [6.45, 7) is -0.108. The number of aromatic nitrogens is 1. The summed E-state index contributed by atoms with van der Waals surface area (Å²) in [5, 5.41) is 11.7. The normalized spacial score (nSPS) is 10.0. The van der Waals surface area contributed by atoms with Crippen LogP contribution in [0.25, 0.3) is 0 Å². The molecule has 0 saturated heterocycles. The van der Waals surface area contributed by atoms with Crippen molar-refractivity contribution >= 4 is 5.91 Å². The van der Waals surface area contributed by atoms with Gasteiger partial charge in [0.25, 0.3) is 5.91 Å². The van der Waals surface area contributed by atoms with E-state index in [1.165, 1.54) is 6.20 Å². The molecular formula is C14H14N2O3. The first-order valence-corrected chi connectivity index (χ1v) is 5.79. The molecule has 1 aromatic heterocycles. The maximum atomic E-state index is 11.5. The highest BCUT2D eigenvalue weighted by Gasteiger charge is 2.08. The Bertz CT molecular complexity index is 584. The Labute approximate surface area is 110 Å². The number of carbonyl (C=O) groups excluding carboxylic acids is 1. The molecule has 0 atom stereocenters. The van der Waals surface area contributed by atoms with Crippen LogP contribution in [0.2, 0.25) is 0 Å². The van der Waals surface area contributed by atoms with Crippen molar-refractivity contribution < 1.29 is 14.6 Å². The second-order valence-electron chi connectivity index (χ2n) is 3.82. The molecule has 0 unspecified atom stereocenters. The molecular weight excluding hydrogens is 244 g/mol. The van der Waals surface area contributed by atoms with Gasteiger partial charge in [0.1, 0.15) is 17.2 Å². The average molecular weight is 258 g/mol. The van der Waals surface area contributed by atoms with Gasteiger partial charge in [0, 0.05) is 24.9 Å². The number of nitrogens with zero attached hydrogens (tertiary/aromatic N) is 1. The molecule has 0 aliphatic carbocycles. The average Bonchev–Trinajstić information content (AvgIpc) is 2.47. The Morgan fingerprint density at radius 3 is 2.89 bits per heavy atom. The second kappa shape index (κ2) is 5.97. The number of aliphatic hydroxyl groups excluding tert-OH is 1. The van der Waals surface area contributed by atoms with E-state index in [2.05, 4.69) is 10.3 Å². The third-order valence-electron chi connectivity index (χ3n) is 2.56. The number of benzene rings is 1. The van der Waals surface area contributed by atoms with E-state index in [-0.39, 0.29) is 18.2 Å². The highest BCUT2D eigenvalue weighted by molar-refractivity contribution is 5.92. The number of rotatable bonds is 4. The van der Waals surface area contributed by atoms with Gasteiger partial charge in [0.05, 0.1) is 6.61 Å². The number of pyridine rings is 1. The molecule has 1 aromatic carbocycles. The van der Waals surface area contributed by atoms with Crippen LogP contribution in [0.3, 0.4) is 0 Å². The van der Waals surface area contributed by atoms with Crippen molar-refractivity contribution in [1.29, 1.82) is 0 Å². The Morgan fingerprint density at radius 2 is 2.16 bits per heavy atom. The van der Waals surface area contributed by atoms with Crippen LogP contribution in [0.15, 0.2) is 42.6 Å². The first-order chi connectivity index (χ1) is 9.24. The van der Waals surface area contributed by atoms with Crippen molar-refractivity contribution in [1.82, 2.24) is 10.3 Å². The van der Waals surface area contributed by atoms with Gasteiger partial charge in [-0.3, -0.25) is 9.78 Å². The summed E-state index contributed by atoms with van der Waals surface area (Å²) in [6.07, 6.45) is 1.50. The van der Waals surface area contributed by atoms with Crippen LogP contribution in [-0.2, 0) is 6.61 Å². The highest BCUT2D eigenvalue weighted by Crippen LogP contribution is 2.25. The standard InChI is InChI=1S/C14H14N2O3/c1-15-14(18)12-8-11(6-7-16-12)19-13-5-3-2-4-10(13)9-17/h2-8,17H,9H2,1H3,(H,15,18). The molecule has 0 bridgehead atoms. The van der Waals surface area contributed by atoms with Gasteiger partial charge in [-0.25, -0.2) is 0 Å². The fourth-order valence-corrected chi connectivity index (χ4v) is 1.59. The van der Waals surface area contributed by atoms with E-state index in [0.29, 0.717) is 17.1 Å². The molecule has 1 amide bonds. The van der Waals surface area contributed by atoms with Crippen LogP contribution in [0.1, 0.15) is 16.1 Å². The number of aliphatic hydroxyl groups is 1. The lowest BCUT2D eigenvalue weighted by molar-refractivity contribution is 0.0958. The van der Waals surface area contributed by atoms with Crippen LogP contribution in [0, 0.1) is 0 Å². The lowest BCUT2D eigenvalue weighted by Gasteiger charge is -2.09. The lowest BCUT2D eigenvalue weighted by atomic mass is 10.2. The van der Waals surface area contributed by atoms with Gasteiger partial charge in [0.15, 0.2) is 0 Å². The molecule has 0 saturated carbocycles. The van der Waals surface area contributed by atoms with Crippen molar-refractivity contribution in [2.45, 2.75) is 6.61 Å². The number of nitrogens with one attached hydrogen (secondary N) is 1. The Balaban J connectivity index is 2.26. The van der Waals surface area contributed by atoms with Gasteiger partial charge in [-0.1, -0.05) is 18.2 Å². The van der Waals surface area contributed by atoms with Gasteiger partial charge in [-0.2, -0.15) is 0 Å². The van der Waals surface area contributed by atoms with Crippen LogP contribution in [-0.4, -0.2) is 23.0 Å². The van der Waals surface area contributed by atoms with Crippen molar-refractivity contribution in [3.8, 4) is 11.5 Å². The van der Waals surface area contributed by atoms with Gasteiger partial charge < -0.3 is 15.2 Å². The number of amides is 1. The van der Waals surface area contributed by atoms with Gasteiger partial charge in [0.2, 0.25) is 0 Å². The third kappa shape index (κ3) is 3.08. The van der Waals surface area contributed by atoms with Crippen LogP contribution < -0.4 is 10.1 Å². The predicted molar refractivity (Wildman–Crippen MR) is 70.1 cm³/mol. The fourth-order valence-electron chi connectivity index (χ4n) is 1.59. The lowest BCUT2D eigenvalue weighted by Crippen LogP contribution is -2.18. The van der Waals surface area contributed by atoms with E-state index in [9.17, 15) is 9.90 Å². The van der Waals surface area contributed by atoms with Crippen LogP contribution >= 0.6 is 0 Å². The van der Waals surface area contributed by atoms with Crippen molar-refractivity contribution in [3.63, 3.8) is 0 Å². The minimum Gasteiger partial charge on any atom is -0.457 e. The monoisotopic (exact) mass is 258 g/mol. The summed E-state index contributed by atoms with van der Waals surface area (Å²) in [6, 6.07) is 10.4. The molecule has 1 heterocycles. The van der Waals surface area contributed by atoms with E-state index in [1.807, 2.05) is 12.1 Å². The highest BCUT2D eigenvalue weighted by atomic mass is 16.5. The Hall–Kier alpha value is -2.40. The van der Waals surface area contributed by atoms with E-state index in [4.69, 9.17) is 4.74 Å². The minimum atomic E-state index is -0.277. The molecule has 2 rings (SSSR count). The first kappa shape index (κ1) is 13.0. The van der Waals surface area contributed by atoms with Crippen molar-refractivity contribution in [2.24, 2.45) is 0 Å². The Kier molecular flexibility index (Phi) is 4.10. The fraction of sp³-hybridized carbons (Fsp3) is 0.143. The molecule has 5 heteroatoms. The summed E-state index contributed by atoms with van der Waals surface area (Å²) < 4.78 is 5.66. The quantitative estimate of drug-likeness (QED) is 0.876. The molecule has 19 heavy (non-hydrogen) atoms. The van der Waals surface area contributed by atoms with E-state index in [1.54, 1.807) is 31.3 Å². The molecule has 2 N–H and O–H groups in total. The first-order valence-electron chi connectivity index (χ1n) is 5.79. The maximum Gasteiger partial charge on any atom is 0.269 e. The molecule has 5 nitrogen and oxygen atoms in total. The topological polar surface area (TPSA) is 71.5 Å². The zero-order chi connectivity index (χ0) is 13.7. The molecule has 98 valence electrons. The number of carbonyl (C=O) groups is 1. The molecule has 0 spiro atoms. The zero-order valence-corrected chi connectivity index (χ0v) is 10.5. The van der Waals surface area contributed by atoms with E-state index in [0.717, 1.165) is 0 Å². The smallest absolute Gasteiger partial charge is 0.269 e. The number of hydrogen-bond acceptors (Lipinski definition) is 4. The summed E-state index contributed by atoms with van der Waals surface area (Å²) >= 11 is 0. The molecule has 0 aliphatic rings. The summed E-state index contributed by atoms with van der Waals surface area (Å²) in [4.78, 5) is 15.4. The predicted octanol–water partition coefficient (Wildman–Crippen LogP) is 1.73. The van der Waals surface area contributed by atoms with Crippen molar-refractivity contribution in [2.75, 3.05) is 7.05 Å².